The second kappa shape index (κ2) is 3.40. The van der Waals surface area contributed by atoms with E-state index in [2.05, 4.69) is 5.73 Å². The molecule has 0 aliphatic carbocycles. The summed E-state index contributed by atoms with van der Waals surface area (Å²) in [7, 11) is 0. The van der Waals surface area contributed by atoms with Crippen LogP contribution in [0.4, 0.5) is 0 Å². The highest BCUT2D eigenvalue weighted by molar-refractivity contribution is 5.78. The van der Waals surface area contributed by atoms with Gasteiger partial charge in [-0.05, 0) is 13.0 Å². The molecule has 0 radical (unpaired) electrons. The molecule has 0 aliphatic rings. The summed E-state index contributed by atoms with van der Waals surface area (Å²) in [4.78, 5) is 10.0. The summed E-state index contributed by atoms with van der Waals surface area (Å²) >= 11 is 0. The number of hydrogen-bond donors (Lipinski definition) is 3. The lowest BCUT2D eigenvalue weighted by Crippen LogP contribution is -2.30. The fourth-order valence-electron chi connectivity index (χ4n) is 0.300. The first-order valence-corrected chi connectivity index (χ1v) is 2.36. The van der Waals surface area contributed by atoms with Gasteiger partial charge < -0.3 is 16.6 Å². The zero-order chi connectivity index (χ0) is 6.57. The second-order valence-electron chi connectivity index (χ2n) is 1.50. The number of aliphatic hydroxyl groups excluding tert-OH is 1. The van der Waals surface area contributed by atoms with Gasteiger partial charge in [-0.2, -0.15) is 0 Å². The van der Waals surface area contributed by atoms with Crippen LogP contribution in [0.1, 0.15) is 6.42 Å². The van der Waals surface area contributed by atoms with Crippen molar-refractivity contribution in [3.8, 4) is 0 Å². The highest BCUT2D eigenvalue weighted by atomic mass is 16.3. The zero-order valence-corrected chi connectivity index (χ0v) is 4.50. The van der Waals surface area contributed by atoms with Crippen LogP contribution >= 0.6 is 0 Å². The number of hydrogen-bond acceptors (Lipinski definition) is 3. The molecule has 0 aromatic rings. The maximum atomic E-state index is 10.0. The maximum absolute atomic E-state index is 10.0. The van der Waals surface area contributed by atoms with E-state index in [9.17, 15) is 4.79 Å². The molecule has 5 N–H and O–H groups in total. The quantitative estimate of drug-likeness (QED) is 0.407. The van der Waals surface area contributed by atoms with Crippen LogP contribution in [0.5, 0.6) is 0 Å². The molecule has 4 heteroatoms. The summed E-state index contributed by atoms with van der Waals surface area (Å²) in [6.07, 6.45) is -0.824. The predicted molar refractivity (Wildman–Crippen MR) is 28.9 cm³/mol. The van der Waals surface area contributed by atoms with Gasteiger partial charge in [-0.3, -0.25) is 4.79 Å². The summed E-state index contributed by atoms with van der Waals surface area (Å²) in [6.45, 7) is 0.282. The first kappa shape index (κ1) is 7.39. The van der Waals surface area contributed by atoms with Crippen LogP contribution in [-0.4, -0.2) is 23.7 Å². The summed E-state index contributed by atoms with van der Waals surface area (Å²) in [5.41, 5.74) is 9.68. The Morgan fingerprint density at radius 1 is 1.75 bits per heavy atom. The van der Waals surface area contributed by atoms with Crippen LogP contribution in [0.2, 0.25) is 0 Å². The lowest BCUT2D eigenvalue weighted by molar-refractivity contribution is -0.126. The minimum atomic E-state index is -1.07. The lowest BCUT2D eigenvalue weighted by atomic mass is 10.2. The number of nitrogens with two attached hydrogens (primary N) is 2. The Hall–Kier alpha value is -0.610. The van der Waals surface area contributed by atoms with Gasteiger partial charge in [-0.25, -0.2) is 0 Å². The van der Waals surface area contributed by atoms with Gasteiger partial charge in [0.15, 0.2) is 0 Å². The van der Waals surface area contributed by atoms with Crippen molar-refractivity contribution >= 4 is 5.91 Å². The molecule has 0 unspecified atom stereocenters. The van der Waals surface area contributed by atoms with Crippen LogP contribution in [-0.2, 0) is 4.79 Å². The molecule has 0 spiro atoms. The average molecular weight is 118 g/mol. The van der Waals surface area contributed by atoms with Crippen LogP contribution < -0.4 is 11.5 Å². The summed E-state index contributed by atoms with van der Waals surface area (Å²) in [6, 6.07) is 0. The molecule has 0 bridgehead atoms. The number of amides is 1. The standard InChI is InChI=1S/C4H10N2O2/c5-2-1-3(7)4(6)8/h3,7H,1-2,5H2,(H2,6,8)/t3-/m0/s1. The molecule has 0 aromatic heterocycles. The van der Waals surface area contributed by atoms with Crippen molar-refractivity contribution in [3.05, 3.63) is 0 Å². The molecule has 0 aliphatic heterocycles. The van der Waals surface area contributed by atoms with Gasteiger partial charge in [-0.15, -0.1) is 0 Å². The van der Waals surface area contributed by atoms with E-state index in [4.69, 9.17) is 10.8 Å². The SMILES string of the molecule is NCC[C@H](O)C(N)=O. The minimum Gasteiger partial charge on any atom is -0.383 e. The Morgan fingerprint density at radius 2 is 2.25 bits per heavy atom. The first-order valence-electron chi connectivity index (χ1n) is 2.36. The third-order valence-electron chi connectivity index (χ3n) is 0.769. The highest BCUT2D eigenvalue weighted by Gasteiger charge is 2.07. The first-order chi connectivity index (χ1) is 3.68. The van der Waals surface area contributed by atoms with E-state index >= 15 is 0 Å². The third-order valence-corrected chi connectivity index (χ3v) is 0.769. The molecule has 0 saturated heterocycles. The van der Waals surface area contributed by atoms with Gasteiger partial charge >= 0.3 is 0 Å². The lowest BCUT2D eigenvalue weighted by Gasteiger charge is -2.00. The maximum Gasteiger partial charge on any atom is 0.246 e. The van der Waals surface area contributed by atoms with Gasteiger partial charge in [-0.1, -0.05) is 0 Å². The number of carbonyl (C=O) groups is 1. The van der Waals surface area contributed by atoms with Crippen molar-refractivity contribution in [3.63, 3.8) is 0 Å². The average Bonchev–Trinajstić information content (AvgIpc) is 1.67. The van der Waals surface area contributed by atoms with Gasteiger partial charge in [0.25, 0.3) is 0 Å². The number of carbonyl (C=O) groups excluding carboxylic acids is 1. The second-order valence-corrected chi connectivity index (χ2v) is 1.50. The Bertz CT molecular complexity index is 84.1. The van der Waals surface area contributed by atoms with Crippen molar-refractivity contribution < 1.29 is 9.90 Å². The summed E-state index contributed by atoms with van der Waals surface area (Å²) < 4.78 is 0. The van der Waals surface area contributed by atoms with Gasteiger partial charge in [0.1, 0.15) is 6.10 Å². The fraction of sp³-hybridized carbons (Fsp3) is 0.750. The van der Waals surface area contributed by atoms with Crippen LogP contribution in [0.15, 0.2) is 0 Å². The van der Waals surface area contributed by atoms with Crippen molar-refractivity contribution in [1.29, 1.82) is 0 Å². The van der Waals surface area contributed by atoms with Gasteiger partial charge in [0.2, 0.25) is 5.91 Å². The molecule has 0 fully saturated rings. The number of aliphatic hydroxyl groups is 1. The van der Waals surface area contributed by atoms with E-state index in [0.29, 0.717) is 0 Å². The van der Waals surface area contributed by atoms with E-state index in [1.165, 1.54) is 0 Å². The summed E-state index contributed by atoms with van der Waals surface area (Å²) in [5.74, 6) is -0.713. The fourth-order valence-corrected chi connectivity index (χ4v) is 0.300. The number of primary amides is 1. The van der Waals surface area contributed by atoms with E-state index < -0.39 is 12.0 Å². The van der Waals surface area contributed by atoms with E-state index in [-0.39, 0.29) is 13.0 Å². The topological polar surface area (TPSA) is 89.3 Å². The molecule has 48 valence electrons. The van der Waals surface area contributed by atoms with Crippen LogP contribution in [0.3, 0.4) is 0 Å². The Labute approximate surface area is 47.5 Å². The molecule has 0 saturated carbocycles. The van der Waals surface area contributed by atoms with Crippen molar-refractivity contribution in [1.82, 2.24) is 0 Å². The molecule has 0 heterocycles. The Morgan fingerprint density at radius 3 is 2.38 bits per heavy atom. The molecule has 1 atom stereocenters. The highest BCUT2D eigenvalue weighted by Crippen LogP contribution is 1.84. The molecule has 0 rings (SSSR count). The molecule has 0 aromatic carbocycles. The predicted octanol–water partition coefficient (Wildman–Crippen LogP) is -1.82. The third kappa shape index (κ3) is 2.54. The monoisotopic (exact) mass is 118 g/mol. The molecular formula is C4H10N2O2. The molecule has 1 amide bonds. The molecule has 8 heavy (non-hydrogen) atoms. The van der Waals surface area contributed by atoms with E-state index in [1.54, 1.807) is 0 Å². The smallest absolute Gasteiger partial charge is 0.246 e. The molecule has 4 nitrogen and oxygen atoms in total. The van der Waals surface area contributed by atoms with Gasteiger partial charge in [0.05, 0.1) is 0 Å². The van der Waals surface area contributed by atoms with E-state index in [1.807, 2.05) is 0 Å². The number of rotatable bonds is 3. The Balaban J connectivity index is 3.32. The van der Waals surface area contributed by atoms with Crippen molar-refractivity contribution in [2.45, 2.75) is 12.5 Å². The molecular weight excluding hydrogens is 108 g/mol. The van der Waals surface area contributed by atoms with Crippen molar-refractivity contribution in [2.75, 3.05) is 6.54 Å². The zero-order valence-electron chi connectivity index (χ0n) is 4.50. The van der Waals surface area contributed by atoms with Crippen LogP contribution in [0.25, 0.3) is 0 Å². The van der Waals surface area contributed by atoms with Crippen molar-refractivity contribution in [2.24, 2.45) is 11.5 Å². The normalized spacial score (nSPS) is 13.2. The summed E-state index contributed by atoms with van der Waals surface area (Å²) in [5, 5.41) is 8.57. The van der Waals surface area contributed by atoms with E-state index in [0.717, 1.165) is 0 Å². The largest absolute Gasteiger partial charge is 0.383 e. The van der Waals surface area contributed by atoms with Gasteiger partial charge in [0, 0.05) is 0 Å². The van der Waals surface area contributed by atoms with Crippen LogP contribution in [0, 0.1) is 0 Å². The Kier molecular flexibility index (Phi) is 3.14. The minimum absolute atomic E-state index is 0.245.